The van der Waals surface area contributed by atoms with Gasteiger partial charge < -0.3 is 0 Å². The molecule has 2 aromatic rings. The van der Waals surface area contributed by atoms with E-state index in [9.17, 15) is 0 Å². The molecule has 5 heteroatoms. The van der Waals surface area contributed by atoms with Gasteiger partial charge >= 0.3 is 0 Å². The van der Waals surface area contributed by atoms with Gasteiger partial charge in [0.2, 0.25) is 0 Å². The maximum absolute atomic E-state index is 6.27. The van der Waals surface area contributed by atoms with E-state index >= 15 is 0 Å². The molecule has 0 bridgehead atoms. The Hall–Kier alpha value is -0.640. The average molecular weight is 360 g/mol. The van der Waals surface area contributed by atoms with Crippen LogP contribution in [0, 0.1) is 0 Å². The third-order valence-corrected chi connectivity index (χ3v) is 4.04. The fourth-order valence-electron chi connectivity index (χ4n) is 1.71. The van der Waals surface area contributed by atoms with Crippen molar-refractivity contribution in [1.29, 1.82) is 0 Å². The molecule has 0 aliphatic carbocycles. The van der Waals surface area contributed by atoms with Gasteiger partial charge in [0.05, 0.1) is 5.56 Å². The van der Waals surface area contributed by atoms with E-state index in [4.69, 9.17) is 23.2 Å². The fourth-order valence-corrected chi connectivity index (χ4v) is 2.73. The molecule has 0 saturated heterocycles. The van der Waals surface area contributed by atoms with Crippen molar-refractivity contribution < 1.29 is 0 Å². The summed E-state index contributed by atoms with van der Waals surface area (Å²) in [6.45, 7) is 4.14. The minimum absolute atomic E-state index is 0.242. The summed E-state index contributed by atoms with van der Waals surface area (Å²) in [5.41, 5.74) is 1.58. The van der Waals surface area contributed by atoms with Crippen LogP contribution in [0.15, 0.2) is 28.7 Å². The average Bonchev–Trinajstić information content (AvgIpc) is 2.37. The van der Waals surface area contributed by atoms with Gasteiger partial charge in [-0.2, -0.15) is 0 Å². The Morgan fingerprint density at radius 1 is 1.21 bits per heavy atom. The molecule has 1 aromatic carbocycles. The van der Waals surface area contributed by atoms with E-state index in [-0.39, 0.29) is 5.92 Å². The van der Waals surface area contributed by atoms with Crippen molar-refractivity contribution in [2.24, 2.45) is 0 Å². The summed E-state index contributed by atoms with van der Waals surface area (Å²) in [4.78, 5) is 8.73. The third-order valence-electron chi connectivity index (χ3n) is 3.00. The molecule has 0 amide bonds. The van der Waals surface area contributed by atoms with E-state index in [0.29, 0.717) is 21.7 Å². The van der Waals surface area contributed by atoms with Crippen LogP contribution >= 0.6 is 39.1 Å². The summed E-state index contributed by atoms with van der Waals surface area (Å²) in [5, 5.41) is 0.793. The van der Waals surface area contributed by atoms with Crippen molar-refractivity contribution in [3.63, 3.8) is 0 Å². The first-order valence-electron chi connectivity index (χ1n) is 6.01. The number of hydrogen-bond acceptors (Lipinski definition) is 2. The molecule has 2 rings (SSSR count). The van der Waals surface area contributed by atoms with Crippen LogP contribution in [0.3, 0.4) is 0 Å². The standard InChI is InChI=1S/C14H13BrCl2N2/c1-3-8(2)14-18-12(16)11(13(17)19-14)9-5-4-6-10(15)7-9/h4-8H,3H2,1-2H3. The van der Waals surface area contributed by atoms with Crippen molar-refractivity contribution >= 4 is 39.1 Å². The van der Waals surface area contributed by atoms with Crippen molar-refractivity contribution in [3.8, 4) is 11.1 Å². The second-order valence-corrected chi connectivity index (χ2v) is 5.99. The zero-order valence-electron chi connectivity index (χ0n) is 10.6. The van der Waals surface area contributed by atoms with E-state index < -0.39 is 0 Å². The molecule has 2 nitrogen and oxygen atoms in total. The SMILES string of the molecule is CCC(C)c1nc(Cl)c(-c2cccc(Br)c2)c(Cl)n1. The van der Waals surface area contributed by atoms with Crippen molar-refractivity contribution in [1.82, 2.24) is 9.97 Å². The highest BCUT2D eigenvalue weighted by Gasteiger charge is 2.16. The van der Waals surface area contributed by atoms with Crippen LogP contribution in [-0.2, 0) is 0 Å². The minimum Gasteiger partial charge on any atom is -0.220 e. The molecule has 1 heterocycles. The monoisotopic (exact) mass is 358 g/mol. The highest BCUT2D eigenvalue weighted by atomic mass is 79.9. The largest absolute Gasteiger partial charge is 0.220 e. The molecule has 19 heavy (non-hydrogen) atoms. The lowest BCUT2D eigenvalue weighted by Crippen LogP contribution is -2.02. The van der Waals surface area contributed by atoms with Crippen molar-refractivity contribution in [2.75, 3.05) is 0 Å². The van der Waals surface area contributed by atoms with Gasteiger partial charge in [0, 0.05) is 10.4 Å². The molecule has 0 aliphatic rings. The quantitative estimate of drug-likeness (QED) is 0.654. The van der Waals surface area contributed by atoms with E-state index in [2.05, 4.69) is 39.7 Å². The van der Waals surface area contributed by atoms with Gasteiger partial charge in [-0.1, -0.05) is 65.1 Å². The van der Waals surface area contributed by atoms with Crippen LogP contribution in [-0.4, -0.2) is 9.97 Å². The zero-order chi connectivity index (χ0) is 14.0. The number of aromatic nitrogens is 2. The molecule has 1 aromatic heterocycles. The maximum Gasteiger partial charge on any atom is 0.142 e. The normalized spacial score (nSPS) is 12.5. The number of benzene rings is 1. The maximum atomic E-state index is 6.27. The lowest BCUT2D eigenvalue weighted by Gasteiger charge is -2.12. The third kappa shape index (κ3) is 3.28. The van der Waals surface area contributed by atoms with Crippen LogP contribution in [0.25, 0.3) is 11.1 Å². The topological polar surface area (TPSA) is 25.8 Å². The molecule has 0 N–H and O–H groups in total. The van der Waals surface area contributed by atoms with Crippen molar-refractivity contribution in [3.05, 3.63) is 44.9 Å². The Morgan fingerprint density at radius 2 is 1.84 bits per heavy atom. The Kier molecular flexibility index (Phi) is 4.82. The summed E-state index contributed by atoms with van der Waals surface area (Å²) < 4.78 is 0.961. The smallest absolute Gasteiger partial charge is 0.142 e. The van der Waals surface area contributed by atoms with E-state index in [1.54, 1.807) is 0 Å². The second-order valence-electron chi connectivity index (χ2n) is 4.36. The van der Waals surface area contributed by atoms with Gasteiger partial charge in [0.1, 0.15) is 16.1 Å². The van der Waals surface area contributed by atoms with Gasteiger partial charge in [0.25, 0.3) is 0 Å². The molecule has 0 radical (unpaired) electrons. The molecular formula is C14H13BrCl2N2. The molecule has 100 valence electrons. The predicted octanol–water partition coefficient (Wildman–Crippen LogP) is 5.73. The van der Waals surface area contributed by atoms with Crippen LogP contribution < -0.4 is 0 Å². The zero-order valence-corrected chi connectivity index (χ0v) is 13.7. The van der Waals surface area contributed by atoms with E-state index in [1.165, 1.54) is 0 Å². The number of halogens is 3. The molecule has 0 aliphatic heterocycles. The number of nitrogens with zero attached hydrogens (tertiary/aromatic N) is 2. The predicted molar refractivity (Wildman–Crippen MR) is 83.9 cm³/mol. The Bertz CT molecular complexity index is 579. The summed E-state index contributed by atoms with van der Waals surface area (Å²) in [6.07, 6.45) is 0.947. The Labute approximate surface area is 131 Å². The molecule has 1 unspecified atom stereocenters. The molecular weight excluding hydrogens is 347 g/mol. The van der Waals surface area contributed by atoms with Gasteiger partial charge in [0.15, 0.2) is 0 Å². The van der Waals surface area contributed by atoms with Crippen LogP contribution in [0.2, 0.25) is 10.3 Å². The van der Waals surface area contributed by atoms with Crippen LogP contribution in [0.5, 0.6) is 0 Å². The molecule has 0 saturated carbocycles. The van der Waals surface area contributed by atoms with Crippen molar-refractivity contribution in [2.45, 2.75) is 26.2 Å². The lowest BCUT2D eigenvalue weighted by molar-refractivity contribution is 0.679. The van der Waals surface area contributed by atoms with E-state index in [0.717, 1.165) is 16.5 Å². The highest BCUT2D eigenvalue weighted by molar-refractivity contribution is 9.10. The summed E-state index contributed by atoms with van der Waals surface area (Å²) in [5.74, 6) is 0.933. The van der Waals surface area contributed by atoms with Gasteiger partial charge in [-0.15, -0.1) is 0 Å². The fraction of sp³-hybridized carbons (Fsp3) is 0.286. The molecule has 1 atom stereocenters. The summed E-state index contributed by atoms with van der Waals surface area (Å²) in [7, 11) is 0. The Morgan fingerprint density at radius 3 is 2.37 bits per heavy atom. The second kappa shape index (κ2) is 6.21. The first kappa shape index (κ1) is 14.8. The lowest BCUT2D eigenvalue weighted by atomic mass is 10.1. The molecule has 0 fully saturated rings. The van der Waals surface area contributed by atoms with Gasteiger partial charge in [-0.3, -0.25) is 0 Å². The first-order valence-corrected chi connectivity index (χ1v) is 7.56. The summed E-state index contributed by atoms with van der Waals surface area (Å²) in [6, 6.07) is 7.75. The minimum atomic E-state index is 0.242. The molecule has 0 spiro atoms. The summed E-state index contributed by atoms with van der Waals surface area (Å²) >= 11 is 16.0. The number of rotatable bonds is 3. The van der Waals surface area contributed by atoms with Gasteiger partial charge in [-0.05, 0) is 24.1 Å². The van der Waals surface area contributed by atoms with Crippen LogP contribution in [0.4, 0.5) is 0 Å². The van der Waals surface area contributed by atoms with E-state index in [1.807, 2.05) is 24.3 Å². The highest BCUT2D eigenvalue weighted by Crippen LogP contribution is 2.34. The van der Waals surface area contributed by atoms with Gasteiger partial charge in [-0.25, -0.2) is 9.97 Å². The Balaban J connectivity index is 2.54. The number of hydrogen-bond donors (Lipinski definition) is 0. The first-order chi connectivity index (χ1) is 9.02. The van der Waals surface area contributed by atoms with Crippen LogP contribution in [0.1, 0.15) is 32.0 Å².